The van der Waals surface area contributed by atoms with E-state index in [1.54, 1.807) is 24.3 Å². The van der Waals surface area contributed by atoms with E-state index >= 15 is 0 Å². The van der Waals surface area contributed by atoms with Crippen molar-refractivity contribution in [2.45, 2.75) is 0 Å². The summed E-state index contributed by atoms with van der Waals surface area (Å²) in [4.78, 5) is 11.1. The third-order valence-electron chi connectivity index (χ3n) is 1.50. The topological polar surface area (TPSA) is 55.1 Å². The number of nitrogens with two attached hydrogens (primary N) is 1. The molecule has 1 aromatic rings. The van der Waals surface area contributed by atoms with Crippen LogP contribution in [0, 0.1) is 0 Å². The summed E-state index contributed by atoms with van der Waals surface area (Å²) < 4.78 is 0. The molecular weight excluding hydrogens is 152 g/mol. The molecule has 0 aliphatic carbocycles. The number of ketones is 1. The van der Waals surface area contributed by atoms with Crippen LogP contribution in [0.1, 0.15) is 10.4 Å². The number of allylic oxidation sites excluding steroid dienone is 1. The summed E-state index contributed by atoms with van der Waals surface area (Å²) in [5.74, 6) is 5.07. The molecule has 0 fully saturated rings. The fourth-order valence-electron chi connectivity index (χ4n) is 0.880. The molecule has 0 atom stereocenters. The van der Waals surface area contributed by atoms with Gasteiger partial charge in [-0.05, 0) is 18.2 Å². The van der Waals surface area contributed by atoms with Gasteiger partial charge in [-0.2, -0.15) is 0 Å². The summed E-state index contributed by atoms with van der Waals surface area (Å²) in [6, 6.07) is 6.92. The Kier molecular flexibility index (Phi) is 2.61. The molecule has 12 heavy (non-hydrogen) atoms. The molecule has 3 N–H and O–H groups in total. The maximum absolute atomic E-state index is 11.1. The molecule has 0 aromatic heterocycles. The molecule has 0 spiro atoms. The number of carbonyl (C=O) groups is 1. The molecule has 0 aliphatic rings. The van der Waals surface area contributed by atoms with E-state index < -0.39 is 0 Å². The van der Waals surface area contributed by atoms with Crippen molar-refractivity contribution >= 4 is 11.5 Å². The second-order valence-electron chi connectivity index (χ2n) is 2.29. The molecule has 1 rings (SSSR count). The van der Waals surface area contributed by atoms with Gasteiger partial charge in [0.25, 0.3) is 0 Å². The van der Waals surface area contributed by atoms with Gasteiger partial charge in [-0.1, -0.05) is 18.7 Å². The first kappa shape index (κ1) is 8.49. The van der Waals surface area contributed by atoms with Crippen LogP contribution in [0.4, 0.5) is 5.69 Å². The highest BCUT2D eigenvalue weighted by Crippen LogP contribution is 2.09. The maximum Gasteiger partial charge on any atom is 0.185 e. The summed E-state index contributed by atoms with van der Waals surface area (Å²) in [5, 5.41) is 0. The Morgan fingerprint density at radius 2 is 2.33 bits per heavy atom. The van der Waals surface area contributed by atoms with Gasteiger partial charge in [0.05, 0.1) is 0 Å². The molecule has 3 heteroatoms. The number of hydrazine groups is 1. The van der Waals surface area contributed by atoms with Crippen molar-refractivity contribution < 1.29 is 4.79 Å². The average Bonchev–Trinajstić information content (AvgIpc) is 2.17. The quantitative estimate of drug-likeness (QED) is 0.305. The fraction of sp³-hybridized carbons (Fsp3) is 0. The Morgan fingerprint density at radius 1 is 1.58 bits per heavy atom. The van der Waals surface area contributed by atoms with Crippen molar-refractivity contribution in [3.8, 4) is 0 Å². The normalized spacial score (nSPS) is 9.08. The Balaban J connectivity index is 3.01. The Labute approximate surface area is 70.9 Å². The Morgan fingerprint density at radius 3 is 2.92 bits per heavy atom. The minimum absolute atomic E-state index is 0.105. The molecule has 0 saturated carbocycles. The molecule has 0 bridgehead atoms. The maximum atomic E-state index is 11.1. The van der Waals surface area contributed by atoms with Crippen LogP contribution < -0.4 is 11.3 Å². The minimum Gasteiger partial charge on any atom is -0.324 e. The molecule has 3 nitrogen and oxygen atoms in total. The largest absolute Gasteiger partial charge is 0.324 e. The third kappa shape index (κ3) is 1.71. The lowest BCUT2D eigenvalue weighted by molar-refractivity contribution is 0.104. The van der Waals surface area contributed by atoms with Crippen LogP contribution in [0.5, 0.6) is 0 Å². The molecule has 0 unspecified atom stereocenters. The van der Waals surface area contributed by atoms with E-state index in [2.05, 4.69) is 12.0 Å². The first-order valence-corrected chi connectivity index (χ1v) is 3.51. The summed E-state index contributed by atoms with van der Waals surface area (Å²) >= 11 is 0. The number of hydrogen-bond donors (Lipinski definition) is 2. The number of nitrogens with one attached hydrogen (secondary N) is 1. The number of rotatable bonds is 3. The van der Waals surface area contributed by atoms with Gasteiger partial charge in [0.2, 0.25) is 0 Å². The monoisotopic (exact) mass is 162 g/mol. The first-order valence-electron chi connectivity index (χ1n) is 3.51. The van der Waals surface area contributed by atoms with E-state index in [9.17, 15) is 4.79 Å². The highest BCUT2D eigenvalue weighted by atomic mass is 16.1. The standard InChI is InChI=1S/C9H10N2O/c1-2-9(12)7-4-3-5-8(6-7)11-10/h2-6,11H,1,10H2. The van der Waals surface area contributed by atoms with E-state index in [0.29, 0.717) is 11.3 Å². The lowest BCUT2D eigenvalue weighted by Gasteiger charge is -2.00. The van der Waals surface area contributed by atoms with Crippen LogP contribution in [0.2, 0.25) is 0 Å². The summed E-state index contributed by atoms with van der Waals surface area (Å²) in [5.41, 5.74) is 3.75. The van der Waals surface area contributed by atoms with Gasteiger partial charge in [-0.25, -0.2) is 0 Å². The SMILES string of the molecule is C=CC(=O)c1cccc(NN)c1. The van der Waals surface area contributed by atoms with Gasteiger partial charge in [0.1, 0.15) is 0 Å². The number of hydrogen-bond acceptors (Lipinski definition) is 3. The van der Waals surface area contributed by atoms with Crippen molar-refractivity contribution in [2.75, 3.05) is 5.43 Å². The number of anilines is 1. The minimum atomic E-state index is -0.105. The zero-order valence-electron chi connectivity index (χ0n) is 6.58. The second-order valence-corrected chi connectivity index (χ2v) is 2.29. The Hall–Kier alpha value is -1.61. The molecule has 0 heterocycles. The van der Waals surface area contributed by atoms with Crippen molar-refractivity contribution in [1.82, 2.24) is 0 Å². The van der Waals surface area contributed by atoms with Gasteiger partial charge in [-0.3, -0.25) is 10.6 Å². The van der Waals surface area contributed by atoms with E-state index in [4.69, 9.17) is 5.84 Å². The smallest absolute Gasteiger partial charge is 0.185 e. The zero-order valence-corrected chi connectivity index (χ0v) is 6.58. The average molecular weight is 162 g/mol. The van der Waals surface area contributed by atoms with E-state index in [0.717, 1.165) is 0 Å². The molecule has 62 valence electrons. The van der Waals surface area contributed by atoms with Crippen molar-refractivity contribution in [2.24, 2.45) is 5.84 Å². The highest BCUT2D eigenvalue weighted by molar-refractivity contribution is 6.04. The van der Waals surface area contributed by atoms with Crippen LogP contribution in [0.25, 0.3) is 0 Å². The number of carbonyl (C=O) groups excluding carboxylic acids is 1. The van der Waals surface area contributed by atoms with Gasteiger partial charge < -0.3 is 5.43 Å². The van der Waals surface area contributed by atoms with Crippen LogP contribution >= 0.6 is 0 Å². The van der Waals surface area contributed by atoms with Crippen LogP contribution in [0.15, 0.2) is 36.9 Å². The van der Waals surface area contributed by atoms with Gasteiger partial charge in [-0.15, -0.1) is 0 Å². The Bertz CT molecular complexity index is 307. The van der Waals surface area contributed by atoms with E-state index in [1.807, 2.05) is 0 Å². The fourth-order valence-corrected chi connectivity index (χ4v) is 0.880. The van der Waals surface area contributed by atoms with Crippen LogP contribution in [0.3, 0.4) is 0 Å². The zero-order chi connectivity index (χ0) is 8.97. The van der Waals surface area contributed by atoms with Crippen molar-refractivity contribution in [3.05, 3.63) is 42.5 Å². The lowest BCUT2D eigenvalue weighted by Crippen LogP contribution is -2.07. The van der Waals surface area contributed by atoms with Crippen molar-refractivity contribution in [3.63, 3.8) is 0 Å². The summed E-state index contributed by atoms with van der Waals surface area (Å²) in [6.45, 7) is 3.39. The van der Waals surface area contributed by atoms with Gasteiger partial charge in [0, 0.05) is 11.3 Å². The van der Waals surface area contributed by atoms with Crippen molar-refractivity contribution in [1.29, 1.82) is 0 Å². The van der Waals surface area contributed by atoms with E-state index in [1.165, 1.54) is 6.08 Å². The van der Waals surface area contributed by atoms with Crippen LogP contribution in [-0.2, 0) is 0 Å². The second kappa shape index (κ2) is 3.69. The van der Waals surface area contributed by atoms with Gasteiger partial charge in [0.15, 0.2) is 5.78 Å². The van der Waals surface area contributed by atoms with Crippen LogP contribution in [-0.4, -0.2) is 5.78 Å². The molecule has 0 amide bonds. The molecular formula is C9H10N2O. The third-order valence-corrected chi connectivity index (χ3v) is 1.50. The highest BCUT2D eigenvalue weighted by Gasteiger charge is 2.00. The molecule has 0 radical (unpaired) electrons. The first-order chi connectivity index (χ1) is 5.77. The van der Waals surface area contributed by atoms with Gasteiger partial charge >= 0.3 is 0 Å². The van der Waals surface area contributed by atoms with E-state index in [-0.39, 0.29) is 5.78 Å². The summed E-state index contributed by atoms with van der Waals surface area (Å²) in [7, 11) is 0. The predicted octanol–water partition coefficient (Wildman–Crippen LogP) is 1.34. The lowest BCUT2D eigenvalue weighted by atomic mass is 10.1. The predicted molar refractivity (Wildman–Crippen MR) is 48.8 cm³/mol. The molecule has 1 aromatic carbocycles. The number of benzene rings is 1. The number of nitrogen functional groups attached to an aromatic ring is 1. The summed E-state index contributed by atoms with van der Waals surface area (Å²) in [6.07, 6.45) is 1.27. The molecule has 0 saturated heterocycles. The molecule has 0 aliphatic heterocycles.